The van der Waals surface area contributed by atoms with Crippen LogP contribution in [0.25, 0.3) is 0 Å². The van der Waals surface area contributed by atoms with Crippen molar-refractivity contribution in [1.82, 2.24) is 0 Å². The molecule has 4 N–H and O–H groups in total. The maximum Gasteiger partial charge on any atom is 0.0699 e. The largest absolute Gasteiger partial charge is 0.400 e. The van der Waals surface area contributed by atoms with Gasteiger partial charge >= 0.3 is 0 Å². The maximum absolute atomic E-state index is 6.00. The highest BCUT2D eigenvalue weighted by Gasteiger charge is 2.10. The zero-order valence-corrected chi connectivity index (χ0v) is 12.4. The van der Waals surface area contributed by atoms with Crippen LogP contribution in [-0.4, -0.2) is 0 Å². The van der Waals surface area contributed by atoms with Gasteiger partial charge in [0.05, 0.1) is 16.1 Å². The molecule has 0 radical (unpaired) electrons. The zero-order valence-electron chi connectivity index (χ0n) is 9.25. The predicted molar refractivity (Wildman–Crippen MR) is 78.3 cm³/mol. The Balaban J connectivity index is 2.96. The monoisotopic (exact) mass is 334 g/mol. The molecule has 0 aliphatic heterocycles. The number of allylic oxidation sites excluding steroid dienone is 3. The van der Waals surface area contributed by atoms with Crippen LogP contribution in [0.1, 0.15) is 18.5 Å². The zero-order chi connectivity index (χ0) is 13.0. The van der Waals surface area contributed by atoms with Gasteiger partial charge in [0, 0.05) is 5.70 Å². The van der Waals surface area contributed by atoms with Crippen molar-refractivity contribution in [2.45, 2.75) is 13.0 Å². The third-order valence-electron chi connectivity index (χ3n) is 2.17. The molecule has 1 rings (SSSR count). The molecule has 1 unspecified atom stereocenters. The van der Waals surface area contributed by atoms with E-state index in [0.29, 0.717) is 15.7 Å². The van der Waals surface area contributed by atoms with Crippen LogP contribution in [0.4, 0.5) is 0 Å². The van der Waals surface area contributed by atoms with Crippen molar-refractivity contribution in [3.05, 3.63) is 56.1 Å². The van der Waals surface area contributed by atoms with Gasteiger partial charge < -0.3 is 11.5 Å². The molecule has 0 heterocycles. The summed E-state index contributed by atoms with van der Waals surface area (Å²) in [5.74, 6) is 0. The Kier molecular flexibility index (Phi) is 5.53. The number of hydrogen-bond acceptors (Lipinski definition) is 2. The van der Waals surface area contributed by atoms with Crippen molar-refractivity contribution >= 4 is 39.1 Å². The van der Waals surface area contributed by atoms with Gasteiger partial charge in [0.15, 0.2) is 0 Å². The Bertz CT molecular complexity index is 466. The van der Waals surface area contributed by atoms with Crippen molar-refractivity contribution in [3.63, 3.8) is 0 Å². The second-order valence-electron chi connectivity index (χ2n) is 3.57. The second-order valence-corrected chi connectivity index (χ2v) is 5.64. The highest BCUT2D eigenvalue weighted by Crippen LogP contribution is 2.26. The summed E-state index contributed by atoms with van der Waals surface area (Å²) in [5, 5.41) is 0.973. The van der Waals surface area contributed by atoms with Crippen molar-refractivity contribution in [2.75, 3.05) is 0 Å². The molecule has 0 spiro atoms. The molecule has 1 atom stereocenters. The van der Waals surface area contributed by atoms with E-state index in [1.165, 1.54) is 0 Å². The molecule has 92 valence electrons. The molecule has 1 aromatic rings. The van der Waals surface area contributed by atoms with Gasteiger partial charge in [0.2, 0.25) is 0 Å². The molecule has 1 aromatic carbocycles. The maximum atomic E-state index is 6.00. The third kappa shape index (κ3) is 4.36. The van der Waals surface area contributed by atoms with Gasteiger partial charge in [-0.2, -0.15) is 0 Å². The smallest absolute Gasteiger partial charge is 0.0699 e. The number of rotatable bonds is 3. The van der Waals surface area contributed by atoms with Crippen LogP contribution >= 0.6 is 39.1 Å². The molecule has 17 heavy (non-hydrogen) atoms. The van der Waals surface area contributed by atoms with Gasteiger partial charge in [-0.15, -0.1) is 0 Å². The van der Waals surface area contributed by atoms with Crippen LogP contribution in [0, 0.1) is 0 Å². The summed E-state index contributed by atoms with van der Waals surface area (Å²) < 4.78 is 0.974. The van der Waals surface area contributed by atoms with Crippen LogP contribution < -0.4 is 11.5 Å². The summed E-state index contributed by atoms with van der Waals surface area (Å²) in [6, 6.07) is 4.84. The van der Waals surface area contributed by atoms with Gasteiger partial charge in [0.1, 0.15) is 0 Å². The Labute approximate surface area is 119 Å². The number of nitrogens with two attached hydrogens (primary N) is 2. The van der Waals surface area contributed by atoms with Crippen LogP contribution in [0.3, 0.4) is 0 Å². The van der Waals surface area contributed by atoms with Crippen molar-refractivity contribution in [1.29, 1.82) is 0 Å². The fourth-order valence-corrected chi connectivity index (χ4v) is 1.65. The molecule has 0 saturated carbocycles. The van der Waals surface area contributed by atoms with Crippen LogP contribution in [0.15, 0.2) is 40.5 Å². The standard InChI is InChI=1S/C12H13BrCl2N2/c1-7(13)2-5-11(16)12(17)8-3-4-9(14)10(15)6-8/h2-6,12H,16-17H2,1H3/b7-2+,11-5-. The van der Waals surface area contributed by atoms with Gasteiger partial charge in [-0.3, -0.25) is 0 Å². The lowest BCUT2D eigenvalue weighted by molar-refractivity contribution is 0.833. The number of halogens is 3. The fourth-order valence-electron chi connectivity index (χ4n) is 1.21. The lowest BCUT2D eigenvalue weighted by atomic mass is 10.0. The summed E-state index contributed by atoms with van der Waals surface area (Å²) in [6.07, 6.45) is 3.60. The van der Waals surface area contributed by atoms with Crippen LogP contribution in [0.2, 0.25) is 10.0 Å². The topological polar surface area (TPSA) is 52.0 Å². The average Bonchev–Trinajstić information content (AvgIpc) is 2.28. The van der Waals surface area contributed by atoms with Crippen LogP contribution in [0.5, 0.6) is 0 Å². The fraction of sp³-hybridized carbons (Fsp3) is 0.167. The normalized spacial score (nSPS) is 14.9. The number of benzene rings is 1. The van der Waals surface area contributed by atoms with E-state index in [0.717, 1.165) is 10.0 Å². The summed E-state index contributed by atoms with van der Waals surface area (Å²) in [5.41, 5.74) is 13.3. The van der Waals surface area contributed by atoms with Crippen molar-refractivity contribution in [3.8, 4) is 0 Å². The summed E-state index contributed by atoms with van der Waals surface area (Å²) in [6.45, 7) is 1.91. The van der Waals surface area contributed by atoms with E-state index in [9.17, 15) is 0 Å². The highest BCUT2D eigenvalue weighted by molar-refractivity contribution is 9.11. The van der Waals surface area contributed by atoms with E-state index in [2.05, 4.69) is 15.9 Å². The molecule has 0 aromatic heterocycles. The molecule has 0 bridgehead atoms. The first-order valence-electron chi connectivity index (χ1n) is 4.92. The molecule has 0 aliphatic carbocycles. The molecule has 0 amide bonds. The quantitative estimate of drug-likeness (QED) is 0.816. The Hall–Kier alpha value is -0.480. The van der Waals surface area contributed by atoms with E-state index in [1.807, 2.05) is 19.1 Å². The molecule has 5 heteroatoms. The van der Waals surface area contributed by atoms with Gasteiger partial charge in [-0.1, -0.05) is 51.3 Å². The van der Waals surface area contributed by atoms with Crippen LogP contribution in [-0.2, 0) is 0 Å². The number of hydrogen-bond donors (Lipinski definition) is 2. The minimum atomic E-state index is -0.395. The summed E-state index contributed by atoms with van der Waals surface area (Å²) in [7, 11) is 0. The van der Waals surface area contributed by atoms with Gasteiger partial charge in [-0.05, 0) is 35.2 Å². The first-order chi connectivity index (χ1) is 7.91. The van der Waals surface area contributed by atoms with Gasteiger partial charge in [0.25, 0.3) is 0 Å². The molecular weight excluding hydrogens is 323 g/mol. The molecule has 0 fully saturated rings. The molecule has 2 nitrogen and oxygen atoms in total. The Morgan fingerprint density at radius 3 is 2.47 bits per heavy atom. The highest BCUT2D eigenvalue weighted by atomic mass is 79.9. The van der Waals surface area contributed by atoms with E-state index >= 15 is 0 Å². The molecule has 0 saturated heterocycles. The minimum absolute atomic E-state index is 0.395. The molecule has 0 aliphatic rings. The van der Waals surface area contributed by atoms with E-state index in [1.54, 1.807) is 18.2 Å². The third-order valence-corrected chi connectivity index (χ3v) is 3.17. The lowest BCUT2D eigenvalue weighted by Gasteiger charge is -2.13. The SMILES string of the molecule is C/C(Br)=C\C=C(/N)C(N)c1ccc(Cl)c(Cl)c1. The van der Waals surface area contributed by atoms with Crippen molar-refractivity contribution in [2.24, 2.45) is 11.5 Å². The summed E-state index contributed by atoms with van der Waals surface area (Å²) >= 11 is 15.1. The van der Waals surface area contributed by atoms with E-state index in [4.69, 9.17) is 34.7 Å². The Morgan fingerprint density at radius 1 is 1.29 bits per heavy atom. The van der Waals surface area contributed by atoms with Crippen molar-refractivity contribution < 1.29 is 0 Å². The first-order valence-corrected chi connectivity index (χ1v) is 6.46. The first kappa shape index (κ1) is 14.6. The molecular formula is C12H13BrCl2N2. The van der Waals surface area contributed by atoms with E-state index in [-0.39, 0.29) is 0 Å². The summed E-state index contributed by atoms with van der Waals surface area (Å²) in [4.78, 5) is 0. The predicted octanol–water partition coefficient (Wildman–Crippen LogP) is 4.13. The Morgan fingerprint density at radius 2 is 1.94 bits per heavy atom. The average molecular weight is 336 g/mol. The second kappa shape index (κ2) is 6.45. The minimum Gasteiger partial charge on any atom is -0.400 e. The lowest BCUT2D eigenvalue weighted by Crippen LogP contribution is -2.18. The van der Waals surface area contributed by atoms with Gasteiger partial charge in [-0.25, -0.2) is 0 Å². The van der Waals surface area contributed by atoms with E-state index < -0.39 is 6.04 Å².